The van der Waals surface area contributed by atoms with Crippen LogP contribution in [0.3, 0.4) is 0 Å². The average molecular weight is 266 g/mol. The lowest BCUT2D eigenvalue weighted by molar-refractivity contribution is 0.167. The molecule has 1 fully saturated rings. The molecule has 1 aromatic carbocycles. The number of amidine groups is 1. The fraction of sp³-hybridized carbons (Fsp3) is 0.462. The second-order valence-corrected chi connectivity index (χ2v) is 4.42. The zero-order chi connectivity index (χ0) is 13.7. The highest BCUT2D eigenvalue weighted by atomic mass is 16.5. The summed E-state index contributed by atoms with van der Waals surface area (Å²) in [7, 11) is 1.56. The van der Waals surface area contributed by atoms with E-state index in [4.69, 9.17) is 25.2 Å². The number of methoxy groups -OCH3 is 1. The molecule has 0 bridgehead atoms. The fourth-order valence-electron chi connectivity index (χ4n) is 1.91. The SMILES string of the molecule is COc1cc(OCC2CCOC2)cc(/C(N)=N/O)c1. The lowest BCUT2D eigenvalue weighted by atomic mass is 10.1. The molecule has 0 aliphatic carbocycles. The summed E-state index contributed by atoms with van der Waals surface area (Å²) in [6, 6.07) is 5.16. The van der Waals surface area contributed by atoms with Crippen LogP contribution in [0.15, 0.2) is 23.4 Å². The van der Waals surface area contributed by atoms with Crippen LogP contribution in [-0.2, 0) is 4.74 Å². The van der Waals surface area contributed by atoms with E-state index in [1.165, 1.54) is 0 Å². The Balaban J connectivity index is 2.09. The standard InChI is InChI=1S/C13H18N2O4/c1-17-11-4-10(13(14)15-16)5-12(6-11)19-8-9-2-3-18-7-9/h4-6,9,16H,2-3,7-8H2,1H3,(H2,14,15). The van der Waals surface area contributed by atoms with Crippen molar-refractivity contribution < 1.29 is 19.4 Å². The van der Waals surface area contributed by atoms with Crippen LogP contribution < -0.4 is 15.2 Å². The lowest BCUT2D eigenvalue weighted by Crippen LogP contribution is -2.15. The van der Waals surface area contributed by atoms with Gasteiger partial charge in [-0.05, 0) is 18.6 Å². The maximum atomic E-state index is 8.71. The van der Waals surface area contributed by atoms with E-state index in [0.717, 1.165) is 19.6 Å². The smallest absolute Gasteiger partial charge is 0.170 e. The maximum absolute atomic E-state index is 8.71. The van der Waals surface area contributed by atoms with Gasteiger partial charge in [0.15, 0.2) is 5.84 Å². The number of rotatable bonds is 5. The Labute approximate surface area is 111 Å². The second kappa shape index (κ2) is 6.29. The average Bonchev–Trinajstić information content (AvgIpc) is 2.97. The number of benzene rings is 1. The van der Waals surface area contributed by atoms with E-state index in [0.29, 0.717) is 29.6 Å². The summed E-state index contributed by atoms with van der Waals surface area (Å²) >= 11 is 0. The van der Waals surface area contributed by atoms with E-state index in [9.17, 15) is 0 Å². The van der Waals surface area contributed by atoms with E-state index in [1.54, 1.807) is 25.3 Å². The molecule has 1 atom stereocenters. The third kappa shape index (κ3) is 3.51. The van der Waals surface area contributed by atoms with Crippen molar-refractivity contribution in [1.29, 1.82) is 0 Å². The van der Waals surface area contributed by atoms with Gasteiger partial charge < -0.3 is 25.2 Å². The zero-order valence-corrected chi connectivity index (χ0v) is 10.8. The molecule has 0 amide bonds. The molecule has 6 heteroatoms. The highest BCUT2D eigenvalue weighted by molar-refractivity contribution is 5.97. The Morgan fingerprint density at radius 1 is 1.47 bits per heavy atom. The molecule has 1 heterocycles. The van der Waals surface area contributed by atoms with Crippen LogP contribution in [0, 0.1) is 5.92 Å². The van der Waals surface area contributed by atoms with Crippen LogP contribution in [0.4, 0.5) is 0 Å². The van der Waals surface area contributed by atoms with Crippen LogP contribution in [0.5, 0.6) is 11.5 Å². The molecule has 0 spiro atoms. The maximum Gasteiger partial charge on any atom is 0.170 e. The molecule has 1 unspecified atom stereocenters. The predicted octanol–water partition coefficient (Wildman–Crippen LogP) is 1.20. The number of hydrogen-bond acceptors (Lipinski definition) is 5. The van der Waals surface area contributed by atoms with Gasteiger partial charge in [-0.15, -0.1) is 0 Å². The van der Waals surface area contributed by atoms with Gasteiger partial charge in [-0.1, -0.05) is 5.16 Å². The van der Waals surface area contributed by atoms with Crippen LogP contribution in [0.25, 0.3) is 0 Å². The number of ether oxygens (including phenoxy) is 3. The molecule has 0 saturated carbocycles. The minimum atomic E-state index is 0.0212. The number of nitrogens with two attached hydrogens (primary N) is 1. The van der Waals surface area contributed by atoms with Crippen molar-refractivity contribution in [2.24, 2.45) is 16.8 Å². The molecule has 3 N–H and O–H groups in total. The molecular weight excluding hydrogens is 248 g/mol. The molecule has 1 aliphatic heterocycles. The van der Waals surface area contributed by atoms with Crippen LogP contribution in [0.1, 0.15) is 12.0 Å². The van der Waals surface area contributed by atoms with Crippen LogP contribution in [0.2, 0.25) is 0 Å². The van der Waals surface area contributed by atoms with Gasteiger partial charge in [0.05, 0.1) is 20.3 Å². The van der Waals surface area contributed by atoms with Crippen molar-refractivity contribution in [3.8, 4) is 11.5 Å². The van der Waals surface area contributed by atoms with Gasteiger partial charge in [0.1, 0.15) is 11.5 Å². The summed E-state index contributed by atoms with van der Waals surface area (Å²) in [5.41, 5.74) is 6.13. The fourth-order valence-corrected chi connectivity index (χ4v) is 1.91. The van der Waals surface area contributed by atoms with Gasteiger partial charge >= 0.3 is 0 Å². The minimum absolute atomic E-state index is 0.0212. The van der Waals surface area contributed by atoms with Gasteiger partial charge in [-0.2, -0.15) is 0 Å². The lowest BCUT2D eigenvalue weighted by Gasteiger charge is -2.12. The van der Waals surface area contributed by atoms with Gasteiger partial charge in [-0.3, -0.25) is 0 Å². The summed E-state index contributed by atoms with van der Waals surface area (Å²) in [6.45, 7) is 2.11. The van der Waals surface area contributed by atoms with Gasteiger partial charge in [0.25, 0.3) is 0 Å². The first kappa shape index (κ1) is 13.5. The monoisotopic (exact) mass is 266 g/mol. The summed E-state index contributed by atoms with van der Waals surface area (Å²) < 4.78 is 16.2. The normalized spacial score (nSPS) is 19.4. The van der Waals surface area contributed by atoms with Crippen LogP contribution >= 0.6 is 0 Å². The molecule has 0 radical (unpaired) electrons. The number of nitrogens with zero attached hydrogens (tertiary/aromatic N) is 1. The first-order valence-electron chi connectivity index (χ1n) is 6.10. The van der Waals surface area contributed by atoms with E-state index in [-0.39, 0.29) is 5.84 Å². The second-order valence-electron chi connectivity index (χ2n) is 4.42. The molecule has 104 valence electrons. The number of oxime groups is 1. The highest BCUT2D eigenvalue weighted by Gasteiger charge is 2.16. The molecule has 2 rings (SSSR count). The van der Waals surface area contributed by atoms with Crippen molar-refractivity contribution in [2.75, 3.05) is 26.9 Å². The Hall–Kier alpha value is -1.95. The van der Waals surface area contributed by atoms with Gasteiger partial charge in [-0.25, -0.2) is 0 Å². The zero-order valence-electron chi connectivity index (χ0n) is 10.8. The molecule has 19 heavy (non-hydrogen) atoms. The summed E-state index contributed by atoms with van der Waals surface area (Å²) in [6.07, 6.45) is 1.01. The largest absolute Gasteiger partial charge is 0.497 e. The molecule has 1 saturated heterocycles. The molecule has 6 nitrogen and oxygen atoms in total. The topological polar surface area (TPSA) is 86.3 Å². The van der Waals surface area contributed by atoms with Gasteiger partial charge in [0, 0.05) is 24.2 Å². The third-order valence-corrected chi connectivity index (χ3v) is 3.03. The summed E-state index contributed by atoms with van der Waals surface area (Å²) in [4.78, 5) is 0. The Bertz CT molecular complexity index is 456. The van der Waals surface area contributed by atoms with E-state index >= 15 is 0 Å². The molecule has 1 aliphatic rings. The quantitative estimate of drug-likeness (QED) is 0.362. The third-order valence-electron chi connectivity index (χ3n) is 3.03. The Morgan fingerprint density at radius 3 is 2.89 bits per heavy atom. The van der Waals surface area contributed by atoms with Crippen molar-refractivity contribution in [2.45, 2.75) is 6.42 Å². The Morgan fingerprint density at radius 2 is 2.26 bits per heavy atom. The van der Waals surface area contributed by atoms with Crippen molar-refractivity contribution in [3.05, 3.63) is 23.8 Å². The van der Waals surface area contributed by atoms with E-state index in [2.05, 4.69) is 5.16 Å². The predicted molar refractivity (Wildman–Crippen MR) is 69.9 cm³/mol. The highest BCUT2D eigenvalue weighted by Crippen LogP contribution is 2.24. The molecular formula is C13H18N2O4. The summed E-state index contributed by atoms with van der Waals surface area (Å²) in [5.74, 6) is 1.67. The van der Waals surface area contributed by atoms with Gasteiger partial charge in [0.2, 0.25) is 0 Å². The van der Waals surface area contributed by atoms with E-state index < -0.39 is 0 Å². The van der Waals surface area contributed by atoms with Crippen molar-refractivity contribution in [3.63, 3.8) is 0 Å². The first-order valence-corrected chi connectivity index (χ1v) is 6.10. The first-order chi connectivity index (χ1) is 9.22. The number of hydrogen-bond donors (Lipinski definition) is 2. The van der Waals surface area contributed by atoms with Crippen molar-refractivity contribution in [1.82, 2.24) is 0 Å². The van der Waals surface area contributed by atoms with Crippen molar-refractivity contribution >= 4 is 5.84 Å². The molecule has 1 aromatic rings. The molecule has 0 aromatic heterocycles. The Kier molecular flexibility index (Phi) is 4.46. The van der Waals surface area contributed by atoms with E-state index in [1.807, 2.05) is 0 Å². The minimum Gasteiger partial charge on any atom is -0.497 e. The van der Waals surface area contributed by atoms with Crippen LogP contribution in [-0.4, -0.2) is 38.0 Å². The summed E-state index contributed by atoms with van der Waals surface area (Å²) in [5, 5.41) is 11.7.